The van der Waals surface area contributed by atoms with Gasteiger partial charge in [0.15, 0.2) is 0 Å². The smallest absolute Gasteiger partial charge is 0.336 e. The molecule has 0 fully saturated rings. The zero-order valence-corrected chi connectivity index (χ0v) is 17.7. The van der Waals surface area contributed by atoms with Gasteiger partial charge >= 0.3 is 5.63 Å². The predicted molar refractivity (Wildman–Crippen MR) is 120 cm³/mol. The van der Waals surface area contributed by atoms with E-state index in [1.807, 2.05) is 48.7 Å². The Kier molecular flexibility index (Phi) is 5.30. The number of hydrogen-bond acceptors (Lipinski definition) is 6. The van der Waals surface area contributed by atoms with Crippen molar-refractivity contribution in [2.45, 2.75) is 6.92 Å². The van der Waals surface area contributed by atoms with Crippen molar-refractivity contribution in [3.05, 3.63) is 85.6 Å². The largest absolute Gasteiger partial charge is 0.423 e. The molecule has 4 rings (SSSR count). The van der Waals surface area contributed by atoms with E-state index in [-0.39, 0.29) is 5.63 Å². The third-order valence-electron chi connectivity index (χ3n) is 4.31. The molecular formula is C22H14BrN3O2S. The zero-order valence-electron chi connectivity index (χ0n) is 15.3. The Morgan fingerprint density at radius 3 is 2.93 bits per heavy atom. The molecule has 0 bridgehead atoms. The standard InChI is InChI=1S/C22H14BrN3O2S/c1-13-7-21(27)28-20-9-17(5-6-18(13)20)25-11-15(10-24)22-26-19(12-29-22)14-3-2-4-16(23)8-14/h2-9,11-12,25H,1H3. The van der Waals surface area contributed by atoms with Gasteiger partial charge in [-0.25, -0.2) is 9.78 Å². The monoisotopic (exact) mass is 463 g/mol. The van der Waals surface area contributed by atoms with Gasteiger partial charge in [-0.3, -0.25) is 0 Å². The summed E-state index contributed by atoms with van der Waals surface area (Å²) in [7, 11) is 0. The van der Waals surface area contributed by atoms with Crippen LogP contribution in [-0.4, -0.2) is 4.98 Å². The number of benzene rings is 2. The van der Waals surface area contributed by atoms with Crippen molar-refractivity contribution in [1.82, 2.24) is 4.98 Å². The van der Waals surface area contributed by atoms with Crippen LogP contribution in [-0.2, 0) is 0 Å². The first-order chi connectivity index (χ1) is 14.0. The lowest BCUT2D eigenvalue weighted by Gasteiger charge is -2.05. The maximum Gasteiger partial charge on any atom is 0.336 e. The molecule has 0 atom stereocenters. The molecule has 2 heterocycles. The van der Waals surface area contributed by atoms with Gasteiger partial charge in [0, 0.05) is 44.8 Å². The molecule has 0 saturated heterocycles. The van der Waals surface area contributed by atoms with Crippen LogP contribution in [0.3, 0.4) is 0 Å². The third kappa shape index (κ3) is 4.14. The number of hydrogen-bond donors (Lipinski definition) is 1. The van der Waals surface area contributed by atoms with Crippen LogP contribution in [0.4, 0.5) is 5.69 Å². The van der Waals surface area contributed by atoms with Crippen LogP contribution in [0.25, 0.3) is 27.8 Å². The van der Waals surface area contributed by atoms with E-state index in [0.29, 0.717) is 21.9 Å². The van der Waals surface area contributed by atoms with Crippen molar-refractivity contribution in [3.63, 3.8) is 0 Å². The highest BCUT2D eigenvalue weighted by Gasteiger charge is 2.10. The second kappa shape index (κ2) is 8.03. The summed E-state index contributed by atoms with van der Waals surface area (Å²) >= 11 is 4.87. The van der Waals surface area contributed by atoms with Gasteiger partial charge in [0.2, 0.25) is 0 Å². The van der Waals surface area contributed by atoms with E-state index in [1.165, 1.54) is 17.4 Å². The summed E-state index contributed by atoms with van der Waals surface area (Å²) in [4.78, 5) is 16.2. The number of nitrogens with one attached hydrogen (secondary N) is 1. The number of aryl methyl sites for hydroxylation is 1. The van der Waals surface area contributed by atoms with E-state index in [2.05, 4.69) is 32.3 Å². The Balaban J connectivity index is 1.61. The Bertz CT molecular complexity index is 1350. The highest BCUT2D eigenvalue weighted by molar-refractivity contribution is 9.10. The van der Waals surface area contributed by atoms with Gasteiger partial charge in [-0.15, -0.1) is 11.3 Å². The molecule has 142 valence electrons. The van der Waals surface area contributed by atoms with Crippen LogP contribution in [0.1, 0.15) is 10.6 Å². The first-order valence-electron chi connectivity index (χ1n) is 8.66. The number of fused-ring (bicyclic) bond motifs is 1. The van der Waals surface area contributed by atoms with Gasteiger partial charge in [0.05, 0.1) is 5.69 Å². The maximum absolute atomic E-state index is 11.6. The van der Waals surface area contributed by atoms with Gasteiger partial charge in [-0.05, 0) is 36.8 Å². The third-order valence-corrected chi connectivity index (χ3v) is 5.68. The molecule has 0 saturated carbocycles. The van der Waals surface area contributed by atoms with Crippen molar-refractivity contribution >= 4 is 49.5 Å². The lowest BCUT2D eigenvalue weighted by molar-refractivity contribution is 0.560. The summed E-state index contributed by atoms with van der Waals surface area (Å²) in [6.07, 6.45) is 1.61. The summed E-state index contributed by atoms with van der Waals surface area (Å²) in [6.45, 7) is 1.87. The zero-order chi connectivity index (χ0) is 20.4. The van der Waals surface area contributed by atoms with E-state index >= 15 is 0 Å². The molecule has 7 heteroatoms. The molecule has 1 N–H and O–H groups in total. The number of aromatic nitrogens is 1. The average Bonchev–Trinajstić information content (AvgIpc) is 3.18. The van der Waals surface area contributed by atoms with Gasteiger partial charge in [0.1, 0.15) is 22.2 Å². The van der Waals surface area contributed by atoms with Crippen LogP contribution in [0.2, 0.25) is 0 Å². The Morgan fingerprint density at radius 1 is 1.28 bits per heavy atom. The number of halogens is 1. The van der Waals surface area contributed by atoms with Crippen LogP contribution >= 0.6 is 27.3 Å². The fourth-order valence-electron chi connectivity index (χ4n) is 2.89. The molecule has 29 heavy (non-hydrogen) atoms. The summed E-state index contributed by atoms with van der Waals surface area (Å²) in [5.41, 5.74) is 3.90. The lowest BCUT2D eigenvalue weighted by Crippen LogP contribution is -1.98. The van der Waals surface area contributed by atoms with Gasteiger partial charge in [0.25, 0.3) is 0 Å². The minimum Gasteiger partial charge on any atom is -0.423 e. The molecule has 0 aliphatic carbocycles. The highest BCUT2D eigenvalue weighted by atomic mass is 79.9. The molecule has 0 radical (unpaired) electrons. The van der Waals surface area contributed by atoms with Crippen molar-refractivity contribution < 1.29 is 4.42 Å². The molecule has 2 aromatic carbocycles. The minimum atomic E-state index is -0.386. The quantitative estimate of drug-likeness (QED) is 0.298. The molecule has 0 aliphatic heterocycles. The molecule has 0 amide bonds. The van der Waals surface area contributed by atoms with Crippen LogP contribution in [0.5, 0.6) is 0 Å². The molecular weight excluding hydrogens is 450 g/mol. The summed E-state index contributed by atoms with van der Waals surface area (Å²) < 4.78 is 6.24. The van der Waals surface area contributed by atoms with Crippen molar-refractivity contribution in [2.24, 2.45) is 0 Å². The Morgan fingerprint density at radius 2 is 2.14 bits per heavy atom. The second-order valence-electron chi connectivity index (χ2n) is 6.32. The first kappa shape index (κ1) is 19.1. The van der Waals surface area contributed by atoms with Crippen LogP contribution in [0.15, 0.2) is 73.8 Å². The molecule has 0 aliphatic rings. The molecule has 5 nitrogen and oxygen atoms in total. The van der Waals surface area contributed by atoms with Gasteiger partial charge < -0.3 is 9.73 Å². The number of rotatable bonds is 4. The van der Waals surface area contributed by atoms with Gasteiger partial charge in [-0.2, -0.15) is 5.26 Å². The highest BCUT2D eigenvalue weighted by Crippen LogP contribution is 2.28. The molecule has 4 aromatic rings. The fourth-order valence-corrected chi connectivity index (χ4v) is 4.08. The summed E-state index contributed by atoms with van der Waals surface area (Å²) in [5.74, 6) is 0. The Labute approximate surface area is 179 Å². The van der Waals surface area contributed by atoms with E-state index in [4.69, 9.17) is 4.42 Å². The van der Waals surface area contributed by atoms with Crippen LogP contribution in [0, 0.1) is 18.3 Å². The van der Waals surface area contributed by atoms with Gasteiger partial charge in [-0.1, -0.05) is 28.1 Å². The first-order valence-corrected chi connectivity index (χ1v) is 10.3. The number of anilines is 1. The van der Waals surface area contributed by atoms with Crippen LogP contribution < -0.4 is 10.9 Å². The van der Waals surface area contributed by atoms with Crippen molar-refractivity contribution in [3.8, 4) is 17.3 Å². The SMILES string of the molecule is Cc1cc(=O)oc2cc(NC=C(C#N)c3nc(-c4cccc(Br)c4)cs3)ccc12. The number of allylic oxidation sites excluding steroid dienone is 1. The topological polar surface area (TPSA) is 78.9 Å². The average molecular weight is 464 g/mol. The summed E-state index contributed by atoms with van der Waals surface area (Å²) in [5, 5.41) is 16.1. The number of nitriles is 1. The lowest BCUT2D eigenvalue weighted by atomic mass is 10.1. The molecule has 2 aromatic heterocycles. The summed E-state index contributed by atoms with van der Waals surface area (Å²) in [6, 6.07) is 17.0. The van der Waals surface area contributed by atoms with E-state index in [9.17, 15) is 10.1 Å². The van der Waals surface area contributed by atoms with Crippen molar-refractivity contribution in [1.29, 1.82) is 5.26 Å². The maximum atomic E-state index is 11.6. The van der Waals surface area contributed by atoms with E-state index < -0.39 is 0 Å². The predicted octanol–water partition coefficient (Wildman–Crippen LogP) is 5.96. The van der Waals surface area contributed by atoms with E-state index in [1.54, 1.807) is 12.3 Å². The Hall–Kier alpha value is -3.21. The molecule has 0 unspecified atom stereocenters. The number of nitrogens with zero attached hydrogens (tertiary/aromatic N) is 2. The van der Waals surface area contributed by atoms with Crippen molar-refractivity contribution in [2.75, 3.05) is 5.32 Å². The van der Waals surface area contributed by atoms with E-state index in [0.717, 1.165) is 26.7 Å². The normalized spacial score (nSPS) is 11.4. The molecule has 0 spiro atoms. The minimum absolute atomic E-state index is 0.386. The number of thiazole rings is 1. The fraction of sp³-hybridized carbons (Fsp3) is 0.0455. The second-order valence-corrected chi connectivity index (χ2v) is 8.10.